The molecule has 1 aliphatic heterocycles. The van der Waals surface area contributed by atoms with Gasteiger partial charge in [-0.15, -0.1) is 0 Å². The summed E-state index contributed by atoms with van der Waals surface area (Å²) in [5.74, 6) is 0.663. The van der Waals surface area contributed by atoms with E-state index in [2.05, 4.69) is 10.00 Å². The van der Waals surface area contributed by atoms with Gasteiger partial charge in [-0.25, -0.2) is 0 Å². The maximum Gasteiger partial charge on any atom is 0.148 e. The van der Waals surface area contributed by atoms with Gasteiger partial charge in [0.05, 0.1) is 0 Å². The molecule has 0 aromatic carbocycles. The van der Waals surface area contributed by atoms with Crippen molar-refractivity contribution in [3.63, 3.8) is 0 Å². The first-order chi connectivity index (χ1) is 7.25. The average molecular weight is 208 g/mol. The zero-order valence-electron chi connectivity index (χ0n) is 9.45. The zero-order valence-corrected chi connectivity index (χ0v) is 9.45. The van der Waals surface area contributed by atoms with Gasteiger partial charge >= 0.3 is 0 Å². The third-order valence-electron chi connectivity index (χ3n) is 3.04. The quantitative estimate of drug-likeness (QED) is 0.810. The Labute approximate surface area is 91.1 Å². The summed E-state index contributed by atoms with van der Waals surface area (Å²) in [6, 6.07) is 0. The molecule has 0 atom stereocenters. The van der Waals surface area contributed by atoms with Crippen molar-refractivity contribution in [1.29, 1.82) is 0 Å². The minimum Gasteiger partial charge on any atom is -0.382 e. The van der Waals surface area contributed by atoms with E-state index in [-0.39, 0.29) is 0 Å². The molecule has 0 aliphatic carbocycles. The fourth-order valence-electron chi connectivity index (χ4n) is 2.11. The van der Waals surface area contributed by atoms with E-state index in [1.54, 1.807) is 0 Å². The molecule has 1 aromatic heterocycles. The van der Waals surface area contributed by atoms with E-state index in [0.717, 1.165) is 12.1 Å². The predicted octanol–water partition coefficient (Wildman–Crippen LogP) is 1.26. The van der Waals surface area contributed by atoms with Crippen LogP contribution in [0.2, 0.25) is 0 Å². The smallest absolute Gasteiger partial charge is 0.148 e. The lowest BCUT2D eigenvalue weighted by Gasteiger charge is -2.13. The highest BCUT2D eigenvalue weighted by Gasteiger charge is 2.10. The van der Waals surface area contributed by atoms with Crippen molar-refractivity contribution < 1.29 is 0 Å². The van der Waals surface area contributed by atoms with Crippen LogP contribution in [0.15, 0.2) is 6.20 Å². The van der Waals surface area contributed by atoms with Crippen LogP contribution in [0.3, 0.4) is 0 Å². The molecule has 0 bridgehead atoms. The van der Waals surface area contributed by atoms with E-state index < -0.39 is 0 Å². The van der Waals surface area contributed by atoms with Crippen LogP contribution in [-0.4, -0.2) is 34.3 Å². The van der Waals surface area contributed by atoms with Crippen LogP contribution >= 0.6 is 0 Å². The molecule has 2 rings (SSSR count). The second-order valence-corrected chi connectivity index (χ2v) is 4.36. The van der Waals surface area contributed by atoms with Crippen LogP contribution < -0.4 is 5.73 Å². The Balaban J connectivity index is 1.73. The molecule has 1 saturated heterocycles. The Morgan fingerprint density at radius 1 is 1.33 bits per heavy atom. The summed E-state index contributed by atoms with van der Waals surface area (Å²) < 4.78 is 1.96. The number of rotatable bonds is 4. The molecule has 15 heavy (non-hydrogen) atoms. The normalized spacial score (nSPS) is 17.4. The van der Waals surface area contributed by atoms with E-state index >= 15 is 0 Å². The second-order valence-electron chi connectivity index (χ2n) is 4.36. The molecule has 1 fully saturated rings. The number of hydrogen-bond donors (Lipinski definition) is 1. The standard InChI is InChI=1S/C11H20N4/c1-10-9-15(13-11(10)12)8-4-7-14-5-2-3-6-14/h9H,2-8H2,1H3,(H2,12,13). The highest BCUT2D eigenvalue weighted by molar-refractivity contribution is 5.35. The molecule has 4 heteroatoms. The number of nitrogens with zero attached hydrogens (tertiary/aromatic N) is 3. The molecule has 2 heterocycles. The Kier molecular flexibility index (Phi) is 3.26. The summed E-state index contributed by atoms with van der Waals surface area (Å²) in [4.78, 5) is 2.53. The number of aromatic nitrogens is 2. The first-order valence-electron chi connectivity index (χ1n) is 5.77. The van der Waals surface area contributed by atoms with Gasteiger partial charge < -0.3 is 10.6 Å². The highest BCUT2D eigenvalue weighted by atomic mass is 15.3. The Bertz CT molecular complexity index is 293. The lowest BCUT2D eigenvalue weighted by atomic mass is 10.4. The van der Waals surface area contributed by atoms with Crippen molar-refractivity contribution in [2.24, 2.45) is 0 Å². The highest BCUT2D eigenvalue weighted by Crippen LogP contribution is 2.09. The number of nitrogen functional groups attached to an aromatic ring is 1. The molecular weight excluding hydrogens is 188 g/mol. The fraction of sp³-hybridized carbons (Fsp3) is 0.727. The molecule has 0 amide bonds. The SMILES string of the molecule is Cc1cn(CCCN2CCCC2)nc1N. The van der Waals surface area contributed by atoms with E-state index in [9.17, 15) is 0 Å². The molecule has 0 unspecified atom stereocenters. The molecule has 0 spiro atoms. The predicted molar refractivity (Wildman–Crippen MR) is 61.7 cm³/mol. The van der Waals surface area contributed by atoms with Crippen LogP contribution in [0.4, 0.5) is 5.82 Å². The minimum atomic E-state index is 0.663. The molecule has 84 valence electrons. The van der Waals surface area contributed by atoms with E-state index in [4.69, 9.17) is 5.73 Å². The van der Waals surface area contributed by atoms with Crippen LogP contribution in [0.5, 0.6) is 0 Å². The molecule has 1 aliphatic rings. The number of hydrogen-bond acceptors (Lipinski definition) is 3. The van der Waals surface area contributed by atoms with Crippen molar-refractivity contribution in [2.45, 2.75) is 32.7 Å². The molecule has 4 nitrogen and oxygen atoms in total. The van der Waals surface area contributed by atoms with Crippen LogP contribution in [0.25, 0.3) is 0 Å². The summed E-state index contributed by atoms with van der Waals surface area (Å²) in [6.45, 7) is 6.73. The summed E-state index contributed by atoms with van der Waals surface area (Å²) in [5, 5.41) is 4.25. The van der Waals surface area contributed by atoms with Crippen LogP contribution in [0.1, 0.15) is 24.8 Å². The third kappa shape index (κ3) is 2.72. The van der Waals surface area contributed by atoms with Gasteiger partial charge in [0, 0.05) is 18.3 Å². The van der Waals surface area contributed by atoms with Crippen molar-refractivity contribution in [2.75, 3.05) is 25.4 Å². The third-order valence-corrected chi connectivity index (χ3v) is 3.04. The van der Waals surface area contributed by atoms with Crippen molar-refractivity contribution in [3.8, 4) is 0 Å². The van der Waals surface area contributed by atoms with Crippen LogP contribution in [-0.2, 0) is 6.54 Å². The van der Waals surface area contributed by atoms with E-state index in [1.165, 1.54) is 38.9 Å². The lowest BCUT2D eigenvalue weighted by molar-refractivity contribution is 0.322. The number of nitrogens with two attached hydrogens (primary N) is 1. The van der Waals surface area contributed by atoms with Gasteiger partial charge in [0.25, 0.3) is 0 Å². The average Bonchev–Trinajstić information content (AvgIpc) is 2.79. The fourth-order valence-corrected chi connectivity index (χ4v) is 2.11. The molecule has 0 radical (unpaired) electrons. The largest absolute Gasteiger partial charge is 0.382 e. The van der Waals surface area contributed by atoms with Gasteiger partial charge in [-0.2, -0.15) is 5.10 Å². The van der Waals surface area contributed by atoms with Gasteiger partial charge in [-0.3, -0.25) is 4.68 Å². The molecular formula is C11H20N4. The summed E-state index contributed by atoms with van der Waals surface area (Å²) in [5.41, 5.74) is 6.77. The zero-order chi connectivity index (χ0) is 10.7. The first-order valence-corrected chi connectivity index (χ1v) is 5.77. The maximum atomic E-state index is 5.69. The van der Waals surface area contributed by atoms with Crippen molar-refractivity contribution >= 4 is 5.82 Å². The van der Waals surface area contributed by atoms with Crippen molar-refractivity contribution in [3.05, 3.63) is 11.8 Å². The summed E-state index contributed by atoms with van der Waals surface area (Å²) in [6.07, 6.45) is 5.93. The van der Waals surface area contributed by atoms with Gasteiger partial charge in [0.2, 0.25) is 0 Å². The number of anilines is 1. The van der Waals surface area contributed by atoms with Gasteiger partial charge in [-0.1, -0.05) is 0 Å². The van der Waals surface area contributed by atoms with Crippen LogP contribution in [0, 0.1) is 6.92 Å². The first kappa shape index (κ1) is 10.5. The monoisotopic (exact) mass is 208 g/mol. The van der Waals surface area contributed by atoms with Gasteiger partial charge in [0.1, 0.15) is 5.82 Å². The Morgan fingerprint density at radius 2 is 2.07 bits per heavy atom. The van der Waals surface area contributed by atoms with Gasteiger partial charge in [0.15, 0.2) is 0 Å². The van der Waals surface area contributed by atoms with Gasteiger partial charge in [-0.05, 0) is 45.8 Å². The maximum absolute atomic E-state index is 5.69. The topological polar surface area (TPSA) is 47.1 Å². The molecule has 1 aromatic rings. The lowest BCUT2D eigenvalue weighted by Crippen LogP contribution is -2.21. The minimum absolute atomic E-state index is 0.663. The second kappa shape index (κ2) is 4.66. The van der Waals surface area contributed by atoms with Crippen molar-refractivity contribution in [1.82, 2.24) is 14.7 Å². The number of likely N-dealkylation sites (tertiary alicyclic amines) is 1. The molecule has 0 saturated carbocycles. The summed E-state index contributed by atoms with van der Waals surface area (Å²) >= 11 is 0. The van der Waals surface area contributed by atoms with E-state index in [0.29, 0.717) is 5.82 Å². The Hall–Kier alpha value is -1.03. The number of aryl methyl sites for hydroxylation is 2. The summed E-state index contributed by atoms with van der Waals surface area (Å²) in [7, 11) is 0. The molecule has 2 N–H and O–H groups in total. The Morgan fingerprint density at radius 3 is 2.67 bits per heavy atom. The van der Waals surface area contributed by atoms with E-state index in [1.807, 2.05) is 17.8 Å².